The van der Waals surface area contributed by atoms with E-state index in [1.807, 2.05) is 10.9 Å². The molecule has 0 aliphatic carbocycles. The van der Waals surface area contributed by atoms with Crippen LogP contribution in [0.25, 0.3) is 0 Å². The number of aliphatic hydroxyl groups is 1. The second-order valence-corrected chi connectivity index (χ2v) is 7.24. The number of rotatable bonds is 4. The van der Waals surface area contributed by atoms with E-state index in [0.29, 0.717) is 12.1 Å². The topological polar surface area (TPSA) is 151 Å². The fourth-order valence-electron chi connectivity index (χ4n) is 1.98. The number of sulfone groups is 1. The van der Waals surface area contributed by atoms with Crippen LogP contribution in [0.3, 0.4) is 0 Å². The minimum Gasteiger partial charge on any atom is -0.397 e. The molecule has 150 valence electrons. The van der Waals surface area contributed by atoms with Gasteiger partial charge in [-0.1, -0.05) is 0 Å². The van der Waals surface area contributed by atoms with E-state index < -0.39 is 55.5 Å². The maximum Gasteiger partial charge on any atom is 0.416 e. The number of amides is 2. The standard InChI is InChI=1S/C15H13F3N4O5S/c16-15(17,18)8-1-3-9(4-2-8)28(26,27)10-5-11(19)13(20-6-10)14(25)22-21-12(24)7-23/h1-6,23H,7,19H2,(H,21,24)(H,22,25). The van der Waals surface area contributed by atoms with Crippen LogP contribution in [0, 0.1) is 0 Å². The van der Waals surface area contributed by atoms with Crippen LogP contribution in [0.5, 0.6) is 0 Å². The van der Waals surface area contributed by atoms with Crippen molar-refractivity contribution in [3.63, 3.8) is 0 Å². The molecule has 9 nitrogen and oxygen atoms in total. The number of hydrazine groups is 1. The second-order valence-electron chi connectivity index (χ2n) is 5.29. The number of alkyl halides is 3. The van der Waals surface area contributed by atoms with Gasteiger partial charge in [-0.15, -0.1) is 0 Å². The Morgan fingerprint density at radius 3 is 2.21 bits per heavy atom. The van der Waals surface area contributed by atoms with Gasteiger partial charge in [0.25, 0.3) is 11.8 Å². The first-order valence-corrected chi connectivity index (χ1v) is 8.83. The number of anilines is 1. The number of nitrogens with two attached hydrogens (primary N) is 1. The Hall–Kier alpha value is -3.19. The summed E-state index contributed by atoms with van der Waals surface area (Å²) >= 11 is 0. The Bertz CT molecular complexity index is 1010. The zero-order chi connectivity index (χ0) is 21.1. The van der Waals surface area contributed by atoms with Gasteiger partial charge in [0.05, 0.1) is 21.0 Å². The van der Waals surface area contributed by atoms with Gasteiger partial charge in [-0.25, -0.2) is 13.4 Å². The molecule has 0 bridgehead atoms. The maximum absolute atomic E-state index is 12.6. The number of benzene rings is 1. The van der Waals surface area contributed by atoms with E-state index in [4.69, 9.17) is 10.8 Å². The number of halogens is 3. The van der Waals surface area contributed by atoms with Crippen LogP contribution < -0.4 is 16.6 Å². The molecule has 0 aliphatic heterocycles. The number of aliphatic hydroxyl groups excluding tert-OH is 1. The average Bonchev–Trinajstić information content (AvgIpc) is 2.65. The molecule has 0 saturated heterocycles. The van der Waals surface area contributed by atoms with Crippen molar-refractivity contribution in [1.29, 1.82) is 0 Å². The van der Waals surface area contributed by atoms with Gasteiger partial charge in [-0.3, -0.25) is 20.4 Å². The van der Waals surface area contributed by atoms with Crippen molar-refractivity contribution in [2.45, 2.75) is 16.0 Å². The van der Waals surface area contributed by atoms with Crippen LogP contribution in [0.15, 0.2) is 46.3 Å². The highest BCUT2D eigenvalue weighted by molar-refractivity contribution is 7.91. The molecule has 2 rings (SSSR count). The minimum atomic E-state index is -4.62. The molecule has 0 radical (unpaired) electrons. The summed E-state index contributed by atoms with van der Waals surface area (Å²) in [5.41, 5.74) is 7.59. The summed E-state index contributed by atoms with van der Waals surface area (Å²) < 4.78 is 62.8. The number of nitrogen functional groups attached to an aromatic ring is 1. The van der Waals surface area contributed by atoms with Gasteiger partial charge >= 0.3 is 6.18 Å². The molecule has 28 heavy (non-hydrogen) atoms. The van der Waals surface area contributed by atoms with Gasteiger partial charge in [0.1, 0.15) is 6.61 Å². The third-order valence-corrected chi connectivity index (χ3v) is 5.11. The largest absolute Gasteiger partial charge is 0.416 e. The van der Waals surface area contributed by atoms with Crippen molar-refractivity contribution < 1.29 is 36.3 Å². The number of nitrogens with one attached hydrogen (secondary N) is 2. The van der Waals surface area contributed by atoms with Crippen LogP contribution in [0.4, 0.5) is 18.9 Å². The monoisotopic (exact) mass is 418 g/mol. The third kappa shape index (κ3) is 4.55. The van der Waals surface area contributed by atoms with Gasteiger partial charge in [0.15, 0.2) is 5.69 Å². The molecular formula is C15H13F3N4O5S. The first-order valence-electron chi connectivity index (χ1n) is 7.34. The smallest absolute Gasteiger partial charge is 0.397 e. The molecule has 13 heteroatoms. The molecule has 5 N–H and O–H groups in total. The van der Waals surface area contributed by atoms with E-state index in [2.05, 4.69) is 4.98 Å². The number of aromatic nitrogens is 1. The summed E-state index contributed by atoms with van der Waals surface area (Å²) in [7, 11) is -4.24. The Morgan fingerprint density at radius 1 is 1.11 bits per heavy atom. The quantitative estimate of drug-likeness (QED) is 0.520. The summed E-state index contributed by atoms with van der Waals surface area (Å²) in [5.74, 6) is -1.88. The minimum absolute atomic E-state index is 0.358. The Kier molecular flexibility index (Phi) is 5.89. The average molecular weight is 418 g/mol. The lowest BCUT2D eigenvalue weighted by atomic mass is 10.2. The van der Waals surface area contributed by atoms with E-state index in [0.717, 1.165) is 24.4 Å². The number of pyridine rings is 1. The second kappa shape index (κ2) is 7.82. The zero-order valence-electron chi connectivity index (χ0n) is 13.8. The fourth-order valence-corrected chi connectivity index (χ4v) is 3.22. The van der Waals surface area contributed by atoms with Crippen molar-refractivity contribution in [2.75, 3.05) is 12.3 Å². The van der Waals surface area contributed by atoms with E-state index in [-0.39, 0.29) is 5.69 Å². The molecule has 0 atom stereocenters. The van der Waals surface area contributed by atoms with Crippen LogP contribution in [0.2, 0.25) is 0 Å². The number of carbonyl (C=O) groups excluding carboxylic acids is 2. The van der Waals surface area contributed by atoms with E-state index >= 15 is 0 Å². The third-order valence-electron chi connectivity index (χ3n) is 3.37. The molecule has 1 heterocycles. The molecule has 1 aromatic heterocycles. The van der Waals surface area contributed by atoms with Crippen LogP contribution in [-0.4, -0.2) is 36.9 Å². The summed E-state index contributed by atoms with van der Waals surface area (Å²) in [6.45, 7) is -0.881. The summed E-state index contributed by atoms with van der Waals surface area (Å²) in [4.78, 5) is 25.5. The molecule has 0 fully saturated rings. The lowest BCUT2D eigenvalue weighted by molar-refractivity contribution is -0.137. The zero-order valence-corrected chi connectivity index (χ0v) is 14.6. The van der Waals surface area contributed by atoms with Gasteiger partial charge in [-0.05, 0) is 30.3 Å². The highest BCUT2D eigenvalue weighted by atomic mass is 32.2. The van der Waals surface area contributed by atoms with Crippen molar-refractivity contribution in [3.05, 3.63) is 47.8 Å². The molecule has 0 saturated carbocycles. The van der Waals surface area contributed by atoms with Gasteiger partial charge < -0.3 is 10.8 Å². The van der Waals surface area contributed by atoms with E-state index in [1.165, 1.54) is 0 Å². The molecule has 2 amide bonds. The molecule has 0 unspecified atom stereocenters. The number of carbonyl (C=O) groups is 2. The number of hydrogen-bond donors (Lipinski definition) is 4. The molecule has 2 aromatic rings. The van der Waals surface area contributed by atoms with Crippen molar-refractivity contribution in [3.8, 4) is 0 Å². The molecule has 0 aliphatic rings. The van der Waals surface area contributed by atoms with E-state index in [1.54, 1.807) is 0 Å². The fraction of sp³-hybridized carbons (Fsp3) is 0.133. The predicted molar refractivity (Wildman–Crippen MR) is 88.2 cm³/mol. The van der Waals surface area contributed by atoms with Crippen molar-refractivity contribution >= 4 is 27.3 Å². The van der Waals surface area contributed by atoms with Gasteiger partial charge in [0, 0.05) is 6.20 Å². The summed E-state index contributed by atoms with van der Waals surface area (Å²) in [5, 5.41) is 8.54. The van der Waals surface area contributed by atoms with Crippen LogP contribution in [0.1, 0.15) is 16.1 Å². The van der Waals surface area contributed by atoms with Crippen molar-refractivity contribution in [2.24, 2.45) is 0 Å². The Morgan fingerprint density at radius 2 is 1.71 bits per heavy atom. The van der Waals surface area contributed by atoms with Gasteiger partial charge in [0.2, 0.25) is 9.84 Å². The van der Waals surface area contributed by atoms with E-state index in [9.17, 15) is 31.2 Å². The molecule has 0 spiro atoms. The number of nitrogens with zero attached hydrogens (tertiary/aromatic N) is 1. The first-order chi connectivity index (χ1) is 13.0. The highest BCUT2D eigenvalue weighted by Gasteiger charge is 2.31. The van der Waals surface area contributed by atoms with Crippen LogP contribution in [-0.2, 0) is 20.8 Å². The van der Waals surface area contributed by atoms with Crippen molar-refractivity contribution in [1.82, 2.24) is 15.8 Å². The summed E-state index contributed by atoms with van der Waals surface area (Å²) in [6, 6.07) is 3.73. The molecular weight excluding hydrogens is 405 g/mol. The lowest BCUT2D eigenvalue weighted by Gasteiger charge is -2.10. The summed E-state index contributed by atoms with van der Waals surface area (Å²) in [6.07, 6.45) is -3.82. The lowest BCUT2D eigenvalue weighted by Crippen LogP contribution is -2.43. The first kappa shape index (κ1) is 21.1. The predicted octanol–water partition coefficient (Wildman–Crippen LogP) is 0.269. The Labute approximate surface area is 156 Å². The SMILES string of the molecule is Nc1cc(S(=O)(=O)c2ccc(C(F)(F)F)cc2)cnc1C(=O)NNC(=O)CO. The normalized spacial score (nSPS) is 11.7. The van der Waals surface area contributed by atoms with Gasteiger partial charge in [-0.2, -0.15) is 13.2 Å². The Balaban J connectivity index is 2.29. The van der Waals surface area contributed by atoms with Crippen LogP contribution >= 0.6 is 0 Å². The number of hydrogen-bond acceptors (Lipinski definition) is 7. The highest BCUT2D eigenvalue weighted by Crippen LogP contribution is 2.31. The maximum atomic E-state index is 12.6. The molecule has 1 aromatic carbocycles.